The van der Waals surface area contributed by atoms with E-state index in [2.05, 4.69) is 0 Å². The van der Waals surface area contributed by atoms with Crippen molar-refractivity contribution in [2.75, 3.05) is 0 Å². The van der Waals surface area contributed by atoms with Crippen LogP contribution in [0.25, 0.3) is 0 Å². The fourth-order valence-corrected chi connectivity index (χ4v) is 1.95. The van der Waals surface area contributed by atoms with E-state index in [0.717, 1.165) is 11.6 Å². The van der Waals surface area contributed by atoms with Crippen molar-refractivity contribution >= 4 is 5.78 Å². The summed E-state index contributed by atoms with van der Waals surface area (Å²) < 4.78 is 37.4. The second-order valence-electron chi connectivity index (χ2n) is 4.02. The average Bonchev–Trinajstić information content (AvgIpc) is 2.39. The van der Waals surface area contributed by atoms with E-state index < -0.39 is 11.7 Å². The molecule has 0 N–H and O–H groups in total. The molecule has 0 spiro atoms. The van der Waals surface area contributed by atoms with Crippen LogP contribution in [0.2, 0.25) is 0 Å². The topological polar surface area (TPSA) is 17.1 Å². The Balaban J connectivity index is 2.36. The molecule has 1 aromatic rings. The van der Waals surface area contributed by atoms with Crippen LogP contribution in [-0.2, 0) is 23.8 Å². The van der Waals surface area contributed by atoms with E-state index in [-0.39, 0.29) is 5.78 Å². The van der Waals surface area contributed by atoms with Crippen molar-refractivity contribution in [3.63, 3.8) is 0 Å². The lowest BCUT2D eigenvalue weighted by molar-refractivity contribution is -0.137. The second kappa shape index (κ2) is 3.92. The number of hydrogen-bond donors (Lipinski definition) is 0. The van der Waals surface area contributed by atoms with Crippen LogP contribution < -0.4 is 0 Å². The lowest BCUT2D eigenvalue weighted by Crippen LogP contribution is -2.06. The highest BCUT2D eigenvalue weighted by molar-refractivity contribution is 5.79. The van der Waals surface area contributed by atoms with Crippen molar-refractivity contribution < 1.29 is 18.0 Å². The summed E-state index contributed by atoms with van der Waals surface area (Å²) in [6, 6.07) is 3.76. The molecular weight excluding hydrogens is 217 g/mol. The maximum absolute atomic E-state index is 12.5. The van der Waals surface area contributed by atoms with Crippen molar-refractivity contribution in [1.82, 2.24) is 0 Å². The second-order valence-corrected chi connectivity index (χ2v) is 4.02. The van der Waals surface area contributed by atoms with Gasteiger partial charge in [0.2, 0.25) is 0 Å². The molecule has 1 aliphatic carbocycles. The summed E-state index contributed by atoms with van der Waals surface area (Å²) in [5, 5.41) is 0. The molecule has 2 rings (SSSR count). The first kappa shape index (κ1) is 11.2. The van der Waals surface area contributed by atoms with Crippen molar-refractivity contribution in [2.24, 2.45) is 0 Å². The summed E-state index contributed by atoms with van der Waals surface area (Å²) in [4.78, 5) is 11.2. The first-order valence-electron chi connectivity index (χ1n) is 5.17. The molecule has 0 amide bonds. The molecule has 4 heteroatoms. The monoisotopic (exact) mass is 228 g/mol. The third-order valence-electron chi connectivity index (χ3n) is 2.88. The van der Waals surface area contributed by atoms with Gasteiger partial charge in [0, 0.05) is 12.8 Å². The number of Topliss-reactive ketones (excluding diaryl/α,β-unsaturated/α-hetero) is 1. The highest BCUT2D eigenvalue weighted by atomic mass is 19.4. The molecule has 0 heterocycles. The van der Waals surface area contributed by atoms with Crippen LogP contribution >= 0.6 is 0 Å². The van der Waals surface area contributed by atoms with Gasteiger partial charge in [0.15, 0.2) is 0 Å². The molecule has 0 saturated carbocycles. The summed E-state index contributed by atoms with van der Waals surface area (Å²) in [7, 11) is 0. The van der Waals surface area contributed by atoms with Crippen LogP contribution in [-0.4, -0.2) is 5.78 Å². The zero-order valence-corrected chi connectivity index (χ0v) is 8.60. The average molecular weight is 228 g/mol. The quantitative estimate of drug-likeness (QED) is 0.623. The van der Waals surface area contributed by atoms with Crippen LogP contribution in [0.4, 0.5) is 13.2 Å². The summed E-state index contributed by atoms with van der Waals surface area (Å²) in [5.74, 6) is 0.129. The summed E-state index contributed by atoms with van der Waals surface area (Å²) in [6.07, 6.45) is -2.51. The third-order valence-corrected chi connectivity index (χ3v) is 2.88. The molecule has 0 unspecified atom stereocenters. The number of carbonyl (C=O) groups excluding carboxylic acids is 1. The number of fused-ring (bicyclic) bond motifs is 1. The minimum atomic E-state index is -4.30. The van der Waals surface area contributed by atoms with Gasteiger partial charge in [-0.05, 0) is 36.1 Å². The molecule has 0 aromatic heterocycles. The van der Waals surface area contributed by atoms with Gasteiger partial charge in [0.1, 0.15) is 5.78 Å². The molecule has 0 fully saturated rings. The van der Waals surface area contributed by atoms with Crippen molar-refractivity contribution in [1.29, 1.82) is 0 Å². The molecule has 1 aromatic carbocycles. The number of rotatable bonds is 0. The van der Waals surface area contributed by atoms with Gasteiger partial charge in [-0.1, -0.05) is 6.07 Å². The lowest BCUT2D eigenvalue weighted by Gasteiger charge is -2.10. The SMILES string of the molecule is O=C1CCc2ccc(C(F)(F)F)cc2CC1. The van der Waals surface area contributed by atoms with Crippen LogP contribution in [0, 0.1) is 0 Å². The molecule has 0 bridgehead atoms. The molecule has 16 heavy (non-hydrogen) atoms. The Hall–Kier alpha value is -1.32. The fraction of sp³-hybridized carbons (Fsp3) is 0.417. The van der Waals surface area contributed by atoms with E-state index in [1.54, 1.807) is 0 Å². The molecule has 1 aliphatic rings. The normalized spacial score (nSPS) is 16.8. The highest BCUT2D eigenvalue weighted by Crippen LogP contribution is 2.31. The smallest absolute Gasteiger partial charge is 0.300 e. The molecule has 0 radical (unpaired) electrons. The highest BCUT2D eigenvalue weighted by Gasteiger charge is 2.31. The standard InChI is InChI=1S/C12H11F3O/c13-12(14,15)10-4-1-8-2-5-11(16)6-3-9(8)7-10/h1,4,7H,2-3,5-6H2. The Labute approximate surface area is 91.3 Å². The number of hydrogen-bond acceptors (Lipinski definition) is 1. The number of aryl methyl sites for hydroxylation is 2. The molecule has 0 aliphatic heterocycles. The van der Waals surface area contributed by atoms with Gasteiger partial charge in [-0.25, -0.2) is 0 Å². The number of carbonyl (C=O) groups is 1. The van der Waals surface area contributed by atoms with Crippen molar-refractivity contribution in [3.8, 4) is 0 Å². The first-order valence-corrected chi connectivity index (χ1v) is 5.17. The van der Waals surface area contributed by atoms with Crippen molar-refractivity contribution in [2.45, 2.75) is 31.9 Å². The maximum Gasteiger partial charge on any atom is 0.416 e. The number of halogens is 3. The van der Waals surface area contributed by atoms with E-state index in [1.807, 2.05) is 0 Å². The van der Waals surface area contributed by atoms with E-state index in [1.165, 1.54) is 12.1 Å². The molecule has 0 atom stereocenters. The minimum Gasteiger partial charge on any atom is -0.300 e. The van der Waals surface area contributed by atoms with Gasteiger partial charge in [0.25, 0.3) is 0 Å². The van der Waals surface area contributed by atoms with E-state index in [4.69, 9.17) is 0 Å². The van der Waals surface area contributed by atoms with Crippen molar-refractivity contribution in [3.05, 3.63) is 34.9 Å². The molecule has 1 nitrogen and oxygen atoms in total. The summed E-state index contributed by atoms with van der Waals surface area (Å²) in [6.45, 7) is 0. The largest absolute Gasteiger partial charge is 0.416 e. The Morgan fingerprint density at radius 3 is 2.19 bits per heavy atom. The lowest BCUT2D eigenvalue weighted by atomic mass is 10.00. The van der Waals surface area contributed by atoms with Crippen LogP contribution in [0.5, 0.6) is 0 Å². The Kier molecular flexibility index (Phi) is 2.74. The Bertz CT molecular complexity index is 421. The predicted molar refractivity (Wildman–Crippen MR) is 53.1 cm³/mol. The van der Waals surface area contributed by atoms with Crippen LogP contribution in [0.3, 0.4) is 0 Å². The minimum absolute atomic E-state index is 0.129. The predicted octanol–water partition coefficient (Wildman–Crippen LogP) is 3.15. The molecule has 86 valence electrons. The zero-order chi connectivity index (χ0) is 11.8. The number of ketones is 1. The van der Waals surface area contributed by atoms with Crippen LogP contribution in [0.15, 0.2) is 18.2 Å². The van der Waals surface area contributed by atoms with E-state index in [0.29, 0.717) is 31.2 Å². The third kappa shape index (κ3) is 2.26. The van der Waals surface area contributed by atoms with E-state index >= 15 is 0 Å². The maximum atomic E-state index is 12.5. The van der Waals surface area contributed by atoms with Gasteiger partial charge in [-0.3, -0.25) is 4.79 Å². The van der Waals surface area contributed by atoms with Gasteiger partial charge < -0.3 is 0 Å². The number of alkyl halides is 3. The fourth-order valence-electron chi connectivity index (χ4n) is 1.95. The van der Waals surface area contributed by atoms with Gasteiger partial charge in [-0.2, -0.15) is 13.2 Å². The first-order chi connectivity index (χ1) is 7.47. The van der Waals surface area contributed by atoms with Gasteiger partial charge >= 0.3 is 6.18 Å². The number of benzene rings is 1. The molecule has 0 saturated heterocycles. The zero-order valence-electron chi connectivity index (χ0n) is 8.60. The molecular formula is C12H11F3O. The summed E-state index contributed by atoms with van der Waals surface area (Å²) in [5.41, 5.74) is 0.917. The van der Waals surface area contributed by atoms with E-state index in [9.17, 15) is 18.0 Å². The summed E-state index contributed by atoms with van der Waals surface area (Å²) >= 11 is 0. The van der Waals surface area contributed by atoms with Gasteiger partial charge in [-0.15, -0.1) is 0 Å². The Morgan fingerprint density at radius 1 is 0.938 bits per heavy atom. The van der Waals surface area contributed by atoms with Gasteiger partial charge in [0.05, 0.1) is 5.56 Å². The Morgan fingerprint density at radius 2 is 1.56 bits per heavy atom. The van der Waals surface area contributed by atoms with Crippen LogP contribution in [0.1, 0.15) is 29.5 Å².